The van der Waals surface area contributed by atoms with Crippen LogP contribution in [0.3, 0.4) is 0 Å². The normalized spacial score (nSPS) is 14.6. The number of nitriles is 1. The second kappa shape index (κ2) is 6.82. The van der Waals surface area contributed by atoms with E-state index in [0.29, 0.717) is 29.0 Å². The van der Waals surface area contributed by atoms with Crippen LogP contribution in [0.4, 0.5) is 10.2 Å². The van der Waals surface area contributed by atoms with Crippen molar-refractivity contribution < 1.29 is 14.0 Å². The fourth-order valence-electron chi connectivity index (χ4n) is 2.61. The number of carbonyl (C=O) groups is 2. The van der Waals surface area contributed by atoms with Gasteiger partial charge in [-0.15, -0.1) is 0 Å². The van der Waals surface area contributed by atoms with Crippen molar-refractivity contribution in [2.24, 2.45) is 0 Å². The van der Waals surface area contributed by atoms with E-state index in [2.05, 4.69) is 4.98 Å². The predicted octanol–water partition coefficient (Wildman–Crippen LogP) is 3.33. The van der Waals surface area contributed by atoms with Gasteiger partial charge in [0.1, 0.15) is 22.9 Å². The molecular weight excluding hydrogens is 365 g/mol. The van der Waals surface area contributed by atoms with E-state index in [1.54, 1.807) is 13.0 Å². The van der Waals surface area contributed by atoms with Crippen molar-refractivity contribution in [1.29, 1.82) is 5.26 Å². The molecule has 1 aliphatic heterocycles. The van der Waals surface area contributed by atoms with Crippen molar-refractivity contribution >= 4 is 40.2 Å². The topological polar surface area (TPSA) is 74.1 Å². The molecule has 2 heterocycles. The minimum Gasteiger partial charge on any atom is -0.288 e. The maximum atomic E-state index is 13.4. The van der Waals surface area contributed by atoms with E-state index in [-0.39, 0.29) is 16.5 Å². The fourth-order valence-corrected chi connectivity index (χ4v) is 3.53. The molecule has 0 saturated carbocycles. The Morgan fingerprint density at radius 2 is 2.08 bits per heavy atom. The fraction of sp³-hybridized carbons (Fsp3) is 0.176. The van der Waals surface area contributed by atoms with Crippen LogP contribution >= 0.6 is 23.4 Å². The second-order valence-electron chi connectivity index (χ2n) is 5.36. The molecule has 0 N–H and O–H groups in total. The number of nitrogens with zero attached hydrogens (tertiary/aromatic N) is 3. The Labute approximate surface area is 152 Å². The summed E-state index contributed by atoms with van der Waals surface area (Å²) in [4.78, 5) is 29.1. The maximum Gasteiger partial charge on any atom is 0.306 e. The van der Waals surface area contributed by atoms with E-state index in [9.17, 15) is 19.2 Å². The molecule has 8 heteroatoms. The van der Waals surface area contributed by atoms with Gasteiger partial charge in [-0.1, -0.05) is 29.4 Å². The summed E-state index contributed by atoms with van der Waals surface area (Å²) >= 11 is 7.09. The molecule has 5 nitrogen and oxygen atoms in total. The Kier molecular flexibility index (Phi) is 4.75. The molecule has 1 fully saturated rings. The van der Waals surface area contributed by atoms with Crippen LogP contribution in [0.2, 0.25) is 5.15 Å². The number of thioether (sulfide) groups is 1. The van der Waals surface area contributed by atoms with Crippen LogP contribution in [-0.4, -0.2) is 28.3 Å². The molecule has 0 atom stereocenters. The first kappa shape index (κ1) is 17.4. The maximum absolute atomic E-state index is 13.4. The Morgan fingerprint density at radius 3 is 2.76 bits per heavy atom. The average Bonchev–Trinajstić information content (AvgIpc) is 2.57. The van der Waals surface area contributed by atoms with Crippen LogP contribution in [-0.2, 0) is 9.59 Å². The van der Waals surface area contributed by atoms with Crippen molar-refractivity contribution in [3.8, 4) is 17.2 Å². The first-order valence-electron chi connectivity index (χ1n) is 7.28. The molecule has 1 saturated heterocycles. The van der Waals surface area contributed by atoms with Crippen LogP contribution in [0.15, 0.2) is 24.3 Å². The van der Waals surface area contributed by atoms with Gasteiger partial charge >= 0.3 is 5.91 Å². The molecule has 0 aliphatic carbocycles. The third-order valence-corrected chi connectivity index (χ3v) is 4.89. The van der Waals surface area contributed by atoms with Gasteiger partial charge in [-0.05, 0) is 36.2 Å². The number of rotatable bonds is 2. The van der Waals surface area contributed by atoms with Crippen molar-refractivity contribution in [2.75, 3.05) is 17.2 Å². The third kappa shape index (κ3) is 3.23. The average molecular weight is 376 g/mol. The lowest BCUT2D eigenvalue weighted by molar-refractivity contribution is -0.131. The molecular formula is C17H11ClFN3O2S. The first-order chi connectivity index (χ1) is 11.9. The Hall–Kier alpha value is -2.43. The van der Waals surface area contributed by atoms with Crippen LogP contribution < -0.4 is 4.90 Å². The lowest BCUT2D eigenvalue weighted by atomic mass is 9.97. The number of benzene rings is 1. The van der Waals surface area contributed by atoms with Crippen molar-refractivity contribution in [3.63, 3.8) is 0 Å². The molecule has 1 aliphatic rings. The molecule has 0 radical (unpaired) electrons. The van der Waals surface area contributed by atoms with Gasteiger partial charge in [-0.2, -0.15) is 5.26 Å². The van der Waals surface area contributed by atoms with Gasteiger partial charge in [0.25, 0.3) is 5.12 Å². The molecule has 1 aromatic carbocycles. The van der Waals surface area contributed by atoms with Gasteiger partial charge in [0, 0.05) is 17.9 Å². The number of amides is 1. The highest BCUT2D eigenvalue weighted by molar-refractivity contribution is 8.15. The summed E-state index contributed by atoms with van der Waals surface area (Å²) in [5.41, 5.74) is 1.79. The van der Waals surface area contributed by atoms with Gasteiger partial charge in [0.2, 0.25) is 0 Å². The van der Waals surface area contributed by atoms with Crippen LogP contribution in [0.25, 0.3) is 11.1 Å². The minimum atomic E-state index is -0.675. The molecule has 2 aromatic rings. The zero-order chi connectivity index (χ0) is 18.1. The Bertz CT molecular complexity index is 942. The molecule has 1 aromatic heterocycles. The van der Waals surface area contributed by atoms with E-state index in [1.165, 1.54) is 23.1 Å². The highest BCUT2D eigenvalue weighted by Gasteiger charge is 2.30. The van der Waals surface area contributed by atoms with Crippen molar-refractivity contribution in [3.05, 3.63) is 46.4 Å². The summed E-state index contributed by atoms with van der Waals surface area (Å²) in [7, 11) is 0. The van der Waals surface area contributed by atoms with Gasteiger partial charge in [-0.3, -0.25) is 14.5 Å². The zero-order valence-electron chi connectivity index (χ0n) is 13.0. The van der Waals surface area contributed by atoms with E-state index in [4.69, 9.17) is 11.6 Å². The molecule has 0 unspecified atom stereocenters. The summed E-state index contributed by atoms with van der Waals surface area (Å²) in [5, 5.41) is 8.78. The number of halogens is 2. The minimum absolute atomic E-state index is 0.0720. The number of aryl methyl sites for hydroxylation is 1. The molecule has 0 spiro atoms. The van der Waals surface area contributed by atoms with E-state index in [1.807, 2.05) is 6.07 Å². The highest BCUT2D eigenvalue weighted by atomic mass is 35.5. The second-order valence-corrected chi connectivity index (χ2v) is 6.78. The van der Waals surface area contributed by atoms with Crippen LogP contribution in [0.1, 0.15) is 11.1 Å². The largest absolute Gasteiger partial charge is 0.306 e. The van der Waals surface area contributed by atoms with Gasteiger partial charge in [-0.25, -0.2) is 9.37 Å². The first-order valence-corrected chi connectivity index (χ1v) is 8.64. The Morgan fingerprint density at radius 1 is 1.32 bits per heavy atom. The number of aromatic nitrogens is 1. The molecule has 0 bridgehead atoms. The van der Waals surface area contributed by atoms with E-state index in [0.717, 1.165) is 11.8 Å². The number of pyridine rings is 1. The lowest BCUT2D eigenvalue weighted by Gasteiger charge is -2.25. The monoisotopic (exact) mass is 375 g/mol. The van der Waals surface area contributed by atoms with E-state index < -0.39 is 16.8 Å². The smallest absolute Gasteiger partial charge is 0.288 e. The summed E-state index contributed by atoms with van der Waals surface area (Å²) in [6.45, 7) is 2.02. The van der Waals surface area contributed by atoms with Gasteiger partial charge in [0.15, 0.2) is 0 Å². The lowest BCUT2D eigenvalue weighted by Crippen LogP contribution is -2.41. The summed E-state index contributed by atoms with van der Waals surface area (Å²) < 4.78 is 13.4. The third-order valence-electron chi connectivity index (χ3n) is 3.80. The van der Waals surface area contributed by atoms with Crippen LogP contribution in [0.5, 0.6) is 0 Å². The summed E-state index contributed by atoms with van der Waals surface area (Å²) in [6.07, 6.45) is 0. The summed E-state index contributed by atoms with van der Waals surface area (Å²) in [5.74, 6) is -0.420. The SMILES string of the molecule is Cc1cc(F)ccc1-c1cc(N2CCSC(=O)C2=O)nc(Cl)c1C#N. The number of hydrogen-bond acceptors (Lipinski definition) is 5. The number of carbonyl (C=O) groups excluding carboxylic acids is 2. The van der Waals surface area contributed by atoms with Crippen LogP contribution in [0, 0.1) is 24.1 Å². The van der Waals surface area contributed by atoms with Gasteiger partial charge < -0.3 is 0 Å². The van der Waals surface area contributed by atoms with Gasteiger partial charge in [0.05, 0.1) is 5.56 Å². The standard InChI is InChI=1S/C17H11ClFN3O2S/c1-9-6-10(19)2-3-11(9)12-7-14(21-15(18)13(12)8-20)22-4-5-25-17(24)16(22)23/h2-3,6-7H,4-5H2,1H3. The quantitative estimate of drug-likeness (QED) is 0.594. The Balaban J connectivity index is 2.18. The number of anilines is 1. The van der Waals surface area contributed by atoms with Crippen molar-refractivity contribution in [1.82, 2.24) is 4.98 Å². The van der Waals surface area contributed by atoms with E-state index >= 15 is 0 Å². The summed E-state index contributed by atoms with van der Waals surface area (Å²) in [6, 6.07) is 7.69. The van der Waals surface area contributed by atoms with Crippen molar-refractivity contribution in [2.45, 2.75) is 6.92 Å². The number of hydrogen-bond donors (Lipinski definition) is 0. The predicted molar refractivity (Wildman–Crippen MR) is 93.9 cm³/mol. The molecule has 126 valence electrons. The zero-order valence-corrected chi connectivity index (χ0v) is 14.6. The molecule has 25 heavy (non-hydrogen) atoms. The molecule has 3 rings (SSSR count). The highest BCUT2D eigenvalue weighted by Crippen LogP contribution is 2.34. The molecule has 1 amide bonds.